The summed E-state index contributed by atoms with van der Waals surface area (Å²) in [5.74, 6) is -0.757. The van der Waals surface area contributed by atoms with Crippen molar-refractivity contribution in [2.45, 2.75) is 6.18 Å². The number of aromatic nitrogens is 1. The average Bonchev–Trinajstić information content (AvgIpc) is 2.83. The van der Waals surface area contributed by atoms with Gasteiger partial charge < -0.3 is 15.0 Å². The Balaban J connectivity index is 2.25. The van der Waals surface area contributed by atoms with Gasteiger partial charge in [-0.2, -0.15) is 13.2 Å². The molecule has 0 aliphatic rings. The van der Waals surface area contributed by atoms with Gasteiger partial charge in [-0.3, -0.25) is 4.79 Å². The number of rotatable bonds is 4. The zero-order valence-corrected chi connectivity index (χ0v) is 10.4. The lowest BCUT2D eigenvalue weighted by Gasteiger charge is -2.23. The summed E-state index contributed by atoms with van der Waals surface area (Å²) >= 11 is 0. The van der Waals surface area contributed by atoms with Gasteiger partial charge in [0.15, 0.2) is 0 Å². The molecule has 4 nitrogen and oxygen atoms in total. The normalized spacial score (nSPS) is 11.8. The number of benzene rings is 1. The predicted molar refractivity (Wildman–Crippen MR) is 67.3 cm³/mol. The predicted octanol–water partition coefficient (Wildman–Crippen LogP) is 2.16. The molecule has 1 heterocycles. The van der Waals surface area contributed by atoms with Crippen molar-refractivity contribution in [1.82, 2.24) is 9.88 Å². The van der Waals surface area contributed by atoms with E-state index < -0.39 is 25.2 Å². The van der Waals surface area contributed by atoms with Crippen molar-refractivity contribution < 1.29 is 23.1 Å². The zero-order valence-electron chi connectivity index (χ0n) is 10.4. The Hall–Kier alpha value is -2.02. The molecule has 0 aliphatic carbocycles. The number of H-pyrrole nitrogens is 1. The number of aliphatic hydroxyl groups excluding tert-OH is 1. The van der Waals surface area contributed by atoms with Crippen LogP contribution in [0.4, 0.5) is 13.2 Å². The molecule has 0 saturated heterocycles. The monoisotopic (exact) mass is 286 g/mol. The van der Waals surface area contributed by atoms with E-state index in [1.54, 1.807) is 18.3 Å². The number of alkyl halides is 3. The number of amides is 1. The summed E-state index contributed by atoms with van der Waals surface area (Å²) in [5, 5.41) is 9.67. The van der Waals surface area contributed by atoms with Crippen LogP contribution < -0.4 is 0 Å². The van der Waals surface area contributed by atoms with Gasteiger partial charge in [-0.1, -0.05) is 6.07 Å². The van der Waals surface area contributed by atoms with Crippen LogP contribution in [0.5, 0.6) is 0 Å². The van der Waals surface area contributed by atoms with Crippen molar-refractivity contribution >= 4 is 16.8 Å². The minimum Gasteiger partial charge on any atom is -0.395 e. The first kappa shape index (κ1) is 14.4. The highest BCUT2D eigenvalue weighted by Gasteiger charge is 2.33. The molecule has 1 aromatic carbocycles. The van der Waals surface area contributed by atoms with Crippen molar-refractivity contribution in [2.75, 3.05) is 19.7 Å². The van der Waals surface area contributed by atoms with E-state index in [-0.39, 0.29) is 12.1 Å². The second kappa shape index (κ2) is 5.54. The van der Waals surface area contributed by atoms with Gasteiger partial charge in [0.05, 0.1) is 6.61 Å². The number of aromatic amines is 1. The topological polar surface area (TPSA) is 56.3 Å². The first-order valence-corrected chi connectivity index (χ1v) is 5.95. The van der Waals surface area contributed by atoms with Crippen LogP contribution >= 0.6 is 0 Å². The Morgan fingerprint density at radius 1 is 1.30 bits per heavy atom. The van der Waals surface area contributed by atoms with Gasteiger partial charge >= 0.3 is 6.18 Å². The summed E-state index contributed by atoms with van der Waals surface area (Å²) in [5.41, 5.74) is 0.824. The summed E-state index contributed by atoms with van der Waals surface area (Å²) < 4.78 is 37.3. The maximum Gasteiger partial charge on any atom is 0.406 e. The molecule has 0 bridgehead atoms. The molecule has 7 heteroatoms. The minimum absolute atomic E-state index is 0.151. The lowest BCUT2D eigenvalue weighted by atomic mass is 10.1. The molecule has 0 atom stereocenters. The summed E-state index contributed by atoms with van der Waals surface area (Å²) in [4.78, 5) is 15.6. The molecule has 2 rings (SSSR count). The first-order chi connectivity index (χ1) is 9.40. The second-order valence-electron chi connectivity index (χ2n) is 4.35. The summed E-state index contributed by atoms with van der Waals surface area (Å²) in [6.45, 7) is -2.26. The van der Waals surface area contributed by atoms with E-state index in [4.69, 9.17) is 5.11 Å². The van der Waals surface area contributed by atoms with Crippen molar-refractivity contribution in [1.29, 1.82) is 0 Å². The molecule has 0 radical (unpaired) electrons. The Kier molecular flexibility index (Phi) is 3.99. The van der Waals surface area contributed by atoms with Gasteiger partial charge in [0.1, 0.15) is 6.54 Å². The lowest BCUT2D eigenvalue weighted by Crippen LogP contribution is -2.40. The largest absolute Gasteiger partial charge is 0.406 e. The van der Waals surface area contributed by atoms with Gasteiger partial charge in [0.25, 0.3) is 5.91 Å². The Morgan fingerprint density at radius 2 is 2.05 bits per heavy atom. The quantitative estimate of drug-likeness (QED) is 0.905. The van der Waals surface area contributed by atoms with Crippen LogP contribution in [0, 0.1) is 0 Å². The van der Waals surface area contributed by atoms with E-state index in [1.165, 1.54) is 12.1 Å². The summed E-state index contributed by atoms with van der Waals surface area (Å²) in [7, 11) is 0. The second-order valence-corrected chi connectivity index (χ2v) is 4.35. The fourth-order valence-electron chi connectivity index (χ4n) is 1.95. The van der Waals surface area contributed by atoms with Crippen molar-refractivity contribution in [3.05, 3.63) is 36.0 Å². The Bertz CT molecular complexity index is 607. The molecular formula is C13H13F3N2O2. The first-order valence-electron chi connectivity index (χ1n) is 5.95. The Labute approximate surface area is 112 Å². The highest BCUT2D eigenvalue weighted by atomic mass is 19.4. The molecule has 20 heavy (non-hydrogen) atoms. The van der Waals surface area contributed by atoms with E-state index >= 15 is 0 Å². The number of nitrogens with zero attached hydrogens (tertiary/aromatic N) is 1. The zero-order chi connectivity index (χ0) is 14.8. The molecule has 2 aromatic rings. The van der Waals surface area contributed by atoms with Crippen LogP contribution in [0.2, 0.25) is 0 Å². The van der Waals surface area contributed by atoms with Crippen molar-refractivity contribution in [2.24, 2.45) is 0 Å². The van der Waals surface area contributed by atoms with Crippen molar-refractivity contribution in [3.8, 4) is 0 Å². The Morgan fingerprint density at radius 3 is 2.70 bits per heavy atom. The van der Waals surface area contributed by atoms with Crippen LogP contribution in [-0.4, -0.2) is 46.8 Å². The third-order valence-electron chi connectivity index (χ3n) is 2.83. The number of halogens is 3. The van der Waals surface area contributed by atoms with E-state index in [0.717, 1.165) is 5.39 Å². The lowest BCUT2D eigenvalue weighted by molar-refractivity contribution is -0.141. The number of nitrogens with one attached hydrogen (secondary N) is 1. The maximum atomic E-state index is 12.4. The standard InChI is InChI=1S/C13H13F3N2O2/c14-13(15,16)8-18(5-6-19)12(20)10-2-1-9-3-4-17-11(9)7-10/h1-4,7,17,19H,5-6,8H2. The van der Waals surface area contributed by atoms with Gasteiger partial charge in [0.2, 0.25) is 0 Å². The van der Waals surface area contributed by atoms with Gasteiger partial charge in [-0.15, -0.1) is 0 Å². The van der Waals surface area contributed by atoms with Crippen LogP contribution in [0.1, 0.15) is 10.4 Å². The van der Waals surface area contributed by atoms with Crippen molar-refractivity contribution in [3.63, 3.8) is 0 Å². The van der Waals surface area contributed by atoms with Crippen LogP contribution in [0.15, 0.2) is 30.5 Å². The van der Waals surface area contributed by atoms with Crippen LogP contribution in [0.25, 0.3) is 10.9 Å². The third kappa shape index (κ3) is 3.30. The van der Waals surface area contributed by atoms with Gasteiger partial charge in [0, 0.05) is 23.8 Å². The van der Waals surface area contributed by atoms with Crippen LogP contribution in [-0.2, 0) is 0 Å². The molecular weight excluding hydrogens is 273 g/mol. The van der Waals surface area contributed by atoms with E-state index in [2.05, 4.69) is 4.98 Å². The number of aliphatic hydroxyl groups is 1. The molecule has 1 amide bonds. The number of carbonyl (C=O) groups is 1. The maximum absolute atomic E-state index is 12.4. The van der Waals surface area contributed by atoms with Gasteiger partial charge in [-0.25, -0.2) is 0 Å². The smallest absolute Gasteiger partial charge is 0.395 e. The number of hydrogen-bond donors (Lipinski definition) is 2. The van der Waals surface area contributed by atoms with Gasteiger partial charge in [-0.05, 0) is 23.6 Å². The molecule has 0 unspecified atom stereocenters. The van der Waals surface area contributed by atoms with E-state index in [9.17, 15) is 18.0 Å². The van der Waals surface area contributed by atoms with E-state index in [0.29, 0.717) is 10.4 Å². The SMILES string of the molecule is O=C(c1ccc2cc[nH]c2c1)N(CCO)CC(F)(F)F. The summed E-state index contributed by atoms with van der Waals surface area (Å²) in [6.07, 6.45) is -2.82. The van der Waals surface area contributed by atoms with E-state index in [1.807, 2.05) is 0 Å². The molecule has 108 valence electrons. The molecule has 2 N–H and O–H groups in total. The molecule has 0 spiro atoms. The number of carbonyl (C=O) groups excluding carboxylic acids is 1. The average molecular weight is 286 g/mol. The highest BCUT2D eigenvalue weighted by molar-refractivity contribution is 5.97. The fraction of sp³-hybridized carbons (Fsp3) is 0.308. The highest BCUT2D eigenvalue weighted by Crippen LogP contribution is 2.20. The molecule has 1 aromatic heterocycles. The molecule has 0 saturated carbocycles. The third-order valence-corrected chi connectivity index (χ3v) is 2.83. The minimum atomic E-state index is -4.50. The fourth-order valence-corrected chi connectivity index (χ4v) is 1.95. The number of hydrogen-bond acceptors (Lipinski definition) is 2. The number of fused-ring (bicyclic) bond motifs is 1. The molecule has 0 aliphatic heterocycles. The van der Waals surface area contributed by atoms with Crippen LogP contribution in [0.3, 0.4) is 0 Å². The summed E-state index contributed by atoms with van der Waals surface area (Å²) in [6, 6.07) is 6.42. The molecule has 0 fully saturated rings.